The second-order valence-corrected chi connectivity index (χ2v) is 3.04. The van der Waals surface area contributed by atoms with Crippen LogP contribution in [0.2, 0.25) is 5.02 Å². The Kier molecular flexibility index (Phi) is 4.43. The van der Waals surface area contributed by atoms with Gasteiger partial charge in [-0.25, -0.2) is 0 Å². The van der Waals surface area contributed by atoms with E-state index in [1.165, 1.54) is 0 Å². The lowest BCUT2D eigenvalue weighted by molar-refractivity contribution is 0.138. The molecule has 0 aliphatic heterocycles. The van der Waals surface area contributed by atoms with Crippen molar-refractivity contribution in [2.75, 3.05) is 19.1 Å². The molecule has 3 nitrogen and oxygen atoms in total. The number of rotatable bonds is 5. The van der Waals surface area contributed by atoms with E-state index in [1.807, 2.05) is 0 Å². The molecule has 1 aromatic heterocycles. The average molecular weight is 209 g/mol. The summed E-state index contributed by atoms with van der Waals surface area (Å²) < 4.78 is 6.89. The highest BCUT2D eigenvalue weighted by Gasteiger charge is 1.94. The summed E-state index contributed by atoms with van der Waals surface area (Å²) in [7, 11) is 0. The Morgan fingerprint density at radius 3 is 2.92 bits per heavy atom. The van der Waals surface area contributed by atoms with Crippen LogP contribution in [-0.2, 0) is 11.3 Å². The molecule has 0 aliphatic rings. The van der Waals surface area contributed by atoms with E-state index in [2.05, 4.69) is 5.10 Å². The summed E-state index contributed by atoms with van der Waals surface area (Å²) in [6.45, 7) is 1.91. The molecule has 1 rings (SSSR count). The SMILES string of the molecule is ClCCOCCn1cc(Cl)cn1. The van der Waals surface area contributed by atoms with Crippen LogP contribution in [0.5, 0.6) is 0 Å². The highest BCUT2D eigenvalue weighted by Crippen LogP contribution is 2.03. The van der Waals surface area contributed by atoms with Gasteiger partial charge in [-0.1, -0.05) is 11.6 Å². The maximum atomic E-state index is 5.66. The van der Waals surface area contributed by atoms with Crippen molar-refractivity contribution in [1.29, 1.82) is 0 Å². The first-order chi connectivity index (χ1) is 5.83. The summed E-state index contributed by atoms with van der Waals surface area (Å²) in [5.41, 5.74) is 0. The molecule has 0 bridgehead atoms. The minimum absolute atomic E-state index is 0.528. The maximum absolute atomic E-state index is 5.66. The Morgan fingerprint density at radius 2 is 2.33 bits per heavy atom. The highest BCUT2D eigenvalue weighted by molar-refractivity contribution is 6.30. The van der Waals surface area contributed by atoms with E-state index < -0.39 is 0 Å². The molecule has 0 atom stereocenters. The van der Waals surface area contributed by atoms with Gasteiger partial charge in [0.15, 0.2) is 0 Å². The van der Waals surface area contributed by atoms with Gasteiger partial charge in [0, 0.05) is 12.1 Å². The molecular formula is C7H10Cl2N2O. The van der Waals surface area contributed by atoms with Crippen molar-refractivity contribution in [3.8, 4) is 0 Å². The number of alkyl halides is 1. The summed E-state index contributed by atoms with van der Waals surface area (Å²) in [5.74, 6) is 0.528. The van der Waals surface area contributed by atoms with E-state index in [1.54, 1.807) is 17.1 Å². The molecule has 0 saturated carbocycles. The molecule has 0 spiro atoms. The van der Waals surface area contributed by atoms with Crippen molar-refractivity contribution in [3.05, 3.63) is 17.4 Å². The molecule has 0 aromatic carbocycles. The van der Waals surface area contributed by atoms with Crippen LogP contribution < -0.4 is 0 Å². The van der Waals surface area contributed by atoms with Gasteiger partial charge in [-0.15, -0.1) is 11.6 Å². The maximum Gasteiger partial charge on any atom is 0.0785 e. The molecule has 0 aliphatic carbocycles. The summed E-state index contributed by atoms with van der Waals surface area (Å²) in [6, 6.07) is 0. The first-order valence-electron chi connectivity index (χ1n) is 3.64. The topological polar surface area (TPSA) is 27.1 Å². The minimum atomic E-state index is 0.528. The van der Waals surface area contributed by atoms with Gasteiger partial charge in [0.2, 0.25) is 0 Å². The molecule has 0 unspecified atom stereocenters. The normalized spacial score (nSPS) is 10.5. The third-order valence-corrected chi connectivity index (χ3v) is 1.64. The summed E-state index contributed by atoms with van der Waals surface area (Å²) >= 11 is 11.1. The van der Waals surface area contributed by atoms with Gasteiger partial charge >= 0.3 is 0 Å². The van der Waals surface area contributed by atoms with Crippen LogP contribution in [0.4, 0.5) is 0 Å². The zero-order chi connectivity index (χ0) is 8.81. The lowest BCUT2D eigenvalue weighted by Gasteiger charge is -2.01. The molecule has 0 fully saturated rings. The lowest BCUT2D eigenvalue weighted by Crippen LogP contribution is -2.07. The lowest BCUT2D eigenvalue weighted by atomic mass is 10.6. The first-order valence-corrected chi connectivity index (χ1v) is 4.56. The Morgan fingerprint density at radius 1 is 1.50 bits per heavy atom. The van der Waals surface area contributed by atoms with Crippen LogP contribution in [0, 0.1) is 0 Å². The molecule has 0 amide bonds. The van der Waals surface area contributed by atoms with Crippen LogP contribution >= 0.6 is 23.2 Å². The van der Waals surface area contributed by atoms with Gasteiger partial charge in [-0.05, 0) is 0 Å². The monoisotopic (exact) mass is 208 g/mol. The number of aromatic nitrogens is 2. The standard InChI is InChI=1S/C7H10Cl2N2O/c8-1-3-12-4-2-11-6-7(9)5-10-11/h5-6H,1-4H2. The van der Waals surface area contributed by atoms with Crippen molar-refractivity contribution in [2.24, 2.45) is 0 Å². The van der Waals surface area contributed by atoms with Crippen molar-refractivity contribution >= 4 is 23.2 Å². The quantitative estimate of drug-likeness (QED) is 0.546. The molecule has 5 heteroatoms. The fourth-order valence-corrected chi connectivity index (χ4v) is 1.04. The largest absolute Gasteiger partial charge is 0.378 e. The Balaban J connectivity index is 2.15. The third kappa shape index (κ3) is 3.43. The number of nitrogens with zero attached hydrogens (tertiary/aromatic N) is 2. The Bertz CT molecular complexity index is 227. The van der Waals surface area contributed by atoms with Crippen LogP contribution in [0.15, 0.2) is 12.4 Å². The smallest absolute Gasteiger partial charge is 0.0785 e. The van der Waals surface area contributed by atoms with Crippen molar-refractivity contribution in [2.45, 2.75) is 6.54 Å². The predicted octanol–water partition coefficient (Wildman–Crippen LogP) is 1.79. The Hall–Kier alpha value is -0.250. The van der Waals surface area contributed by atoms with Crippen LogP contribution in [0.1, 0.15) is 0 Å². The van der Waals surface area contributed by atoms with Crippen LogP contribution in [0.3, 0.4) is 0 Å². The number of halogens is 2. The summed E-state index contributed by atoms with van der Waals surface area (Å²) in [4.78, 5) is 0. The van der Waals surface area contributed by atoms with Crippen molar-refractivity contribution < 1.29 is 4.74 Å². The van der Waals surface area contributed by atoms with Gasteiger partial charge in [-0.2, -0.15) is 5.10 Å². The molecule has 12 heavy (non-hydrogen) atoms. The van der Waals surface area contributed by atoms with E-state index in [4.69, 9.17) is 27.9 Å². The summed E-state index contributed by atoms with van der Waals surface area (Å²) in [5, 5.41) is 4.63. The van der Waals surface area contributed by atoms with E-state index >= 15 is 0 Å². The van der Waals surface area contributed by atoms with Gasteiger partial charge in [0.05, 0.1) is 31.0 Å². The van der Waals surface area contributed by atoms with E-state index in [-0.39, 0.29) is 0 Å². The molecular weight excluding hydrogens is 199 g/mol. The Labute approximate surface area is 81.2 Å². The molecule has 1 heterocycles. The van der Waals surface area contributed by atoms with E-state index in [0.29, 0.717) is 30.7 Å². The van der Waals surface area contributed by atoms with Gasteiger partial charge in [0.25, 0.3) is 0 Å². The van der Waals surface area contributed by atoms with Gasteiger partial charge < -0.3 is 4.74 Å². The molecule has 0 N–H and O–H groups in total. The van der Waals surface area contributed by atoms with Crippen molar-refractivity contribution in [3.63, 3.8) is 0 Å². The predicted molar refractivity (Wildman–Crippen MR) is 48.8 cm³/mol. The van der Waals surface area contributed by atoms with Gasteiger partial charge in [-0.3, -0.25) is 4.68 Å². The van der Waals surface area contributed by atoms with Crippen molar-refractivity contribution in [1.82, 2.24) is 9.78 Å². The summed E-state index contributed by atoms with van der Waals surface area (Å²) in [6.07, 6.45) is 3.36. The van der Waals surface area contributed by atoms with E-state index in [0.717, 1.165) is 0 Å². The zero-order valence-corrected chi connectivity index (χ0v) is 8.05. The molecule has 0 radical (unpaired) electrons. The number of hydrogen-bond acceptors (Lipinski definition) is 2. The molecule has 68 valence electrons. The third-order valence-electron chi connectivity index (χ3n) is 1.29. The fourth-order valence-electron chi connectivity index (χ4n) is 0.775. The number of hydrogen-bond donors (Lipinski definition) is 0. The zero-order valence-electron chi connectivity index (χ0n) is 6.54. The second-order valence-electron chi connectivity index (χ2n) is 2.22. The minimum Gasteiger partial charge on any atom is -0.378 e. The second kappa shape index (κ2) is 5.41. The first kappa shape index (κ1) is 9.84. The molecule has 0 saturated heterocycles. The van der Waals surface area contributed by atoms with E-state index in [9.17, 15) is 0 Å². The van der Waals surface area contributed by atoms with Gasteiger partial charge in [0.1, 0.15) is 0 Å². The number of ether oxygens (including phenoxy) is 1. The van der Waals surface area contributed by atoms with Crippen LogP contribution in [0.25, 0.3) is 0 Å². The van der Waals surface area contributed by atoms with Crippen LogP contribution in [-0.4, -0.2) is 28.9 Å². The molecule has 1 aromatic rings. The average Bonchev–Trinajstić information content (AvgIpc) is 2.45. The fraction of sp³-hybridized carbons (Fsp3) is 0.571. The highest BCUT2D eigenvalue weighted by atomic mass is 35.5.